The summed E-state index contributed by atoms with van der Waals surface area (Å²) in [6, 6.07) is 22.7. The van der Waals surface area contributed by atoms with Crippen molar-refractivity contribution >= 4 is 46.6 Å². The topological polar surface area (TPSA) is 58.2 Å². The number of benzene rings is 3. The van der Waals surface area contributed by atoms with Crippen molar-refractivity contribution in [2.45, 2.75) is 44.3 Å². The predicted molar refractivity (Wildman–Crippen MR) is 139 cm³/mol. The number of carbonyl (C=O) groups excluding carboxylic acids is 2. The summed E-state index contributed by atoms with van der Waals surface area (Å²) in [4.78, 5) is 26.6. The van der Waals surface area contributed by atoms with Gasteiger partial charge in [-0.3, -0.25) is 9.59 Å². The number of anilines is 2. The van der Waals surface area contributed by atoms with Crippen LogP contribution in [0.3, 0.4) is 0 Å². The zero-order chi connectivity index (χ0) is 24.0. The van der Waals surface area contributed by atoms with Crippen molar-refractivity contribution in [3.8, 4) is 0 Å². The van der Waals surface area contributed by atoms with E-state index >= 15 is 0 Å². The van der Waals surface area contributed by atoms with Crippen molar-refractivity contribution in [1.29, 1.82) is 0 Å². The maximum Gasteiger partial charge on any atom is 0.242 e. The first-order valence-corrected chi connectivity index (χ1v) is 12.0. The highest BCUT2D eigenvalue weighted by molar-refractivity contribution is 8.00. The molecular weight excluding hydrogens is 452 g/mol. The molecule has 2 amide bonds. The van der Waals surface area contributed by atoms with E-state index in [0.717, 1.165) is 16.0 Å². The second-order valence-electron chi connectivity index (χ2n) is 9.17. The lowest BCUT2D eigenvalue weighted by Crippen LogP contribution is -2.20. The maximum absolute atomic E-state index is 13.4. The van der Waals surface area contributed by atoms with E-state index in [0.29, 0.717) is 22.8 Å². The Bertz CT molecular complexity index is 1130. The third kappa shape index (κ3) is 7.65. The van der Waals surface area contributed by atoms with Gasteiger partial charge >= 0.3 is 0 Å². The van der Waals surface area contributed by atoms with Gasteiger partial charge in [-0.25, -0.2) is 0 Å². The first kappa shape index (κ1) is 24.9. The Kier molecular flexibility index (Phi) is 8.22. The van der Waals surface area contributed by atoms with Crippen LogP contribution in [-0.2, 0) is 9.59 Å². The van der Waals surface area contributed by atoms with Crippen LogP contribution in [0.2, 0.25) is 5.02 Å². The molecule has 1 unspecified atom stereocenters. The van der Waals surface area contributed by atoms with Crippen molar-refractivity contribution in [3.63, 3.8) is 0 Å². The lowest BCUT2D eigenvalue weighted by atomic mass is 9.92. The standard InChI is InChI=1S/C27H29ClN2O2S/c1-18-13-14-20(28)15-23(18)30-26(32)25(19-9-6-5-7-10-19)33-22-12-8-11-21(16-22)29-24(31)17-27(2,3)4/h5-16,25H,17H2,1-4H3,(H,29,31)(H,30,32). The summed E-state index contributed by atoms with van der Waals surface area (Å²) < 4.78 is 0. The summed E-state index contributed by atoms with van der Waals surface area (Å²) in [6.45, 7) is 8.02. The molecule has 2 N–H and O–H groups in total. The van der Waals surface area contributed by atoms with Crippen LogP contribution in [0.4, 0.5) is 11.4 Å². The molecule has 33 heavy (non-hydrogen) atoms. The molecule has 0 heterocycles. The SMILES string of the molecule is Cc1ccc(Cl)cc1NC(=O)C(Sc1cccc(NC(=O)CC(C)(C)C)c1)c1ccccc1. The van der Waals surface area contributed by atoms with Crippen molar-refractivity contribution in [3.05, 3.63) is 88.9 Å². The average molecular weight is 481 g/mol. The lowest BCUT2D eigenvalue weighted by Gasteiger charge is -2.19. The van der Waals surface area contributed by atoms with Crippen LogP contribution in [0.15, 0.2) is 77.7 Å². The number of halogens is 1. The largest absolute Gasteiger partial charge is 0.326 e. The fourth-order valence-electron chi connectivity index (χ4n) is 3.30. The highest BCUT2D eigenvalue weighted by Crippen LogP contribution is 2.37. The van der Waals surface area contributed by atoms with Crippen LogP contribution in [0.1, 0.15) is 43.6 Å². The normalized spacial score (nSPS) is 12.2. The highest BCUT2D eigenvalue weighted by Gasteiger charge is 2.23. The molecule has 172 valence electrons. The van der Waals surface area contributed by atoms with Gasteiger partial charge in [0, 0.05) is 27.7 Å². The quantitative estimate of drug-likeness (QED) is 0.344. The van der Waals surface area contributed by atoms with E-state index in [1.54, 1.807) is 12.1 Å². The van der Waals surface area contributed by atoms with Crippen molar-refractivity contribution in [2.24, 2.45) is 5.41 Å². The van der Waals surface area contributed by atoms with Crippen LogP contribution in [0.25, 0.3) is 0 Å². The van der Waals surface area contributed by atoms with Gasteiger partial charge < -0.3 is 10.6 Å². The number of thioether (sulfide) groups is 1. The molecule has 0 spiro atoms. The summed E-state index contributed by atoms with van der Waals surface area (Å²) in [5.41, 5.74) is 3.14. The Morgan fingerprint density at radius 1 is 0.939 bits per heavy atom. The number of hydrogen-bond donors (Lipinski definition) is 2. The zero-order valence-electron chi connectivity index (χ0n) is 19.3. The van der Waals surface area contributed by atoms with E-state index in [2.05, 4.69) is 10.6 Å². The van der Waals surface area contributed by atoms with E-state index in [9.17, 15) is 9.59 Å². The third-order valence-corrected chi connectivity index (χ3v) is 6.34. The molecule has 0 aliphatic carbocycles. The first-order chi connectivity index (χ1) is 15.6. The van der Waals surface area contributed by atoms with E-state index in [1.165, 1.54) is 11.8 Å². The van der Waals surface area contributed by atoms with E-state index in [-0.39, 0.29) is 17.2 Å². The third-order valence-electron chi connectivity index (χ3n) is 4.86. The number of rotatable bonds is 7. The molecule has 0 saturated heterocycles. The number of amides is 2. The van der Waals surface area contributed by atoms with Crippen LogP contribution >= 0.6 is 23.4 Å². The summed E-state index contributed by atoms with van der Waals surface area (Å²) >= 11 is 7.57. The second-order valence-corrected chi connectivity index (χ2v) is 10.8. The fourth-order valence-corrected chi connectivity index (χ4v) is 4.55. The molecule has 0 bridgehead atoms. The molecule has 0 saturated carbocycles. The van der Waals surface area contributed by atoms with Gasteiger partial charge in [-0.05, 0) is 53.8 Å². The number of nitrogens with one attached hydrogen (secondary N) is 2. The van der Waals surface area contributed by atoms with Crippen LogP contribution in [0.5, 0.6) is 0 Å². The van der Waals surface area contributed by atoms with Crippen LogP contribution < -0.4 is 10.6 Å². The highest BCUT2D eigenvalue weighted by atomic mass is 35.5. The summed E-state index contributed by atoms with van der Waals surface area (Å²) in [5, 5.41) is 6.08. The number of aryl methyl sites for hydroxylation is 1. The Labute approximate surface area is 205 Å². The van der Waals surface area contributed by atoms with E-state index < -0.39 is 5.25 Å². The molecule has 3 aromatic carbocycles. The molecule has 0 aromatic heterocycles. The predicted octanol–water partition coefficient (Wildman–Crippen LogP) is 7.50. The Morgan fingerprint density at radius 3 is 2.36 bits per heavy atom. The van der Waals surface area contributed by atoms with Gasteiger partial charge in [0.25, 0.3) is 0 Å². The lowest BCUT2D eigenvalue weighted by molar-refractivity contribution is -0.118. The van der Waals surface area contributed by atoms with Crippen molar-refractivity contribution in [1.82, 2.24) is 0 Å². The van der Waals surface area contributed by atoms with Crippen molar-refractivity contribution < 1.29 is 9.59 Å². The molecule has 0 fully saturated rings. The van der Waals surface area contributed by atoms with Gasteiger partial charge in [0.1, 0.15) is 5.25 Å². The van der Waals surface area contributed by atoms with E-state index in [4.69, 9.17) is 11.6 Å². The van der Waals surface area contributed by atoms with Crippen LogP contribution in [0, 0.1) is 12.3 Å². The van der Waals surface area contributed by atoms with Gasteiger partial charge in [-0.15, -0.1) is 11.8 Å². The zero-order valence-corrected chi connectivity index (χ0v) is 20.9. The number of hydrogen-bond acceptors (Lipinski definition) is 3. The van der Waals surface area contributed by atoms with E-state index in [1.807, 2.05) is 88.4 Å². The molecular formula is C27H29ClN2O2S. The Morgan fingerprint density at radius 2 is 1.67 bits per heavy atom. The molecule has 3 aromatic rings. The Hall–Kier alpha value is -2.76. The molecule has 0 aliphatic heterocycles. The minimum atomic E-state index is -0.481. The van der Waals surface area contributed by atoms with Gasteiger partial charge in [0.15, 0.2) is 0 Å². The summed E-state index contributed by atoms with van der Waals surface area (Å²) in [7, 11) is 0. The van der Waals surface area contributed by atoms with Crippen molar-refractivity contribution in [2.75, 3.05) is 10.6 Å². The van der Waals surface area contributed by atoms with Gasteiger partial charge in [0.2, 0.25) is 11.8 Å². The van der Waals surface area contributed by atoms with Gasteiger partial charge in [-0.1, -0.05) is 74.8 Å². The molecule has 3 rings (SSSR count). The molecule has 1 atom stereocenters. The van der Waals surface area contributed by atoms with Gasteiger partial charge in [0.05, 0.1) is 0 Å². The first-order valence-electron chi connectivity index (χ1n) is 10.8. The average Bonchev–Trinajstić information content (AvgIpc) is 2.74. The summed E-state index contributed by atoms with van der Waals surface area (Å²) in [6.07, 6.45) is 0.429. The molecule has 0 aliphatic rings. The van der Waals surface area contributed by atoms with Crippen LogP contribution in [-0.4, -0.2) is 11.8 Å². The second kappa shape index (κ2) is 10.9. The number of carbonyl (C=O) groups is 2. The molecule has 4 nitrogen and oxygen atoms in total. The smallest absolute Gasteiger partial charge is 0.242 e. The maximum atomic E-state index is 13.4. The summed E-state index contributed by atoms with van der Waals surface area (Å²) in [5.74, 6) is -0.169. The Balaban J connectivity index is 1.82. The minimum absolute atomic E-state index is 0.0292. The molecule has 0 radical (unpaired) electrons. The monoisotopic (exact) mass is 480 g/mol. The fraction of sp³-hybridized carbons (Fsp3) is 0.259. The minimum Gasteiger partial charge on any atom is -0.326 e. The van der Waals surface area contributed by atoms with Gasteiger partial charge in [-0.2, -0.15) is 0 Å². The molecule has 6 heteroatoms.